The SMILES string of the molecule is O=C(c1ccccc1S)n1c2ccc(-c3ccccc3)cc2c2ccc3c(c21)-c1ccccc1C31c2ccccc2-c2ccccc21. The summed E-state index contributed by atoms with van der Waals surface area (Å²) in [6.07, 6.45) is 0. The van der Waals surface area contributed by atoms with E-state index in [4.69, 9.17) is 12.6 Å². The maximum Gasteiger partial charge on any atom is 0.264 e. The molecule has 0 bridgehead atoms. The fraction of sp³-hybridized carbons (Fsp3) is 0.0227. The van der Waals surface area contributed by atoms with Gasteiger partial charge in [-0.2, -0.15) is 0 Å². The first kappa shape index (κ1) is 26.6. The van der Waals surface area contributed by atoms with Gasteiger partial charge in [-0.1, -0.05) is 133 Å². The molecule has 0 N–H and O–H groups in total. The largest absolute Gasteiger partial charge is 0.275 e. The average Bonchev–Trinajstić information content (AvgIpc) is 3.73. The Morgan fingerprint density at radius 2 is 1.11 bits per heavy atom. The van der Waals surface area contributed by atoms with Crippen molar-refractivity contribution in [2.24, 2.45) is 0 Å². The summed E-state index contributed by atoms with van der Waals surface area (Å²) in [7, 11) is 0. The van der Waals surface area contributed by atoms with Crippen molar-refractivity contribution < 1.29 is 4.79 Å². The molecule has 0 aliphatic heterocycles. The zero-order valence-corrected chi connectivity index (χ0v) is 26.2. The van der Waals surface area contributed by atoms with Crippen LogP contribution in [0.25, 0.3) is 55.2 Å². The second kappa shape index (κ2) is 9.68. The van der Waals surface area contributed by atoms with Crippen LogP contribution in [0, 0.1) is 0 Å². The molecular weight excluding hydrogens is 591 g/mol. The molecule has 1 heterocycles. The van der Waals surface area contributed by atoms with Gasteiger partial charge in [-0.25, -0.2) is 0 Å². The maximum absolute atomic E-state index is 14.8. The van der Waals surface area contributed by atoms with E-state index in [0.29, 0.717) is 10.5 Å². The third kappa shape index (κ3) is 3.39. The molecule has 220 valence electrons. The molecule has 2 aliphatic rings. The van der Waals surface area contributed by atoms with E-state index in [9.17, 15) is 4.79 Å². The first-order valence-electron chi connectivity index (χ1n) is 16.0. The molecule has 0 unspecified atom stereocenters. The van der Waals surface area contributed by atoms with Crippen LogP contribution in [0.2, 0.25) is 0 Å². The van der Waals surface area contributed by atoms with Crippen molar-refractivity contribution >= 4 is 40.3 Å². The number of hydrogen-bond acceptors (Lipinski definition) is 2. The quantitative estimate of drug-likeness (QED) is 0.192. The Bertz CT molecular complexity index is 2570. The third-order valence-electron chi connectivity index (χ3n) is 10.3. The predicted octanol–water partition coefficient (Wildman–Crippen LogP) is 10.8. The lowest BCUT2D eigenvalue weighted by molar-refractivity contribution is 0.0966. The summed E-state index contributed by atoms with van der Waals surface area (Å²) in [5.74, 6) is -0.0814. The van der Waals surface area contributed by atoms with Crippen LogP contribution in [0.5, 0.6) is 0 Å². The highest BCUT2D eigenvalue weighted by molar-refractivity contribution is 7.80. The molecule has 2 nitrogen and oxygen atoms in total. The molecule has 0 atom stereocenters. The van der Waals surface area contributed by atoms with Crippen molar-refractivity contribution in [3.8, 4) is 33.4 Å². The summed E-state index contributed by atoms with van der Waals surface area (Å²) in [4.78, 5) is 15.5. The summed E-state index contributed by atoms with van der Waals surface area (Å²) in [5.41, 5.74) is 14.0. The van der Waals surface area contributed by atoms with Crippen LogP contribution in [0.15, 0.2) is 163 Å². The number of carbonyl (C=O) groups is 1. The summed E-state index contributed by atoms with van der Waals surface area (Å²) in [6, 6.07) is 55.5. The van der Waals surface area contributed by atoms with Crippen LogP contribution in [0.4, 0.5) is 0 Å². The van der Waals surface area contributed by atoms with Crippen molar-refractivity contribution in [3.05, 3.63) is 186 Å². The minimum absolute atomic E-state index is 0.0814. The molecule has 3 heteroatoms. The summed E-state index contributed by atoms with van der Waals surface area (Å²) < 4.78 is 1.95. The van der Waals surface area contributed by atoms with Gasteiger partial charge < -0.3 is 0 Å². The normalized spacial score (nSPS) is 13.5. The monoisotopic (exact) mass is 617 g/mol. The maximum atomic E-state index is 14.8. The van der Waals surface area contributed by atoms with Crippen molar-refractivity contribution in [2.45, 2.75) is 10.3 Å². The van der Waals surface area contributed by atoms with Gasteiger partial charge in [0, 0.05) is 21.2 Å². The second-order valence-corrected chi connectivity index (χ2v) is 13.0. The molecule has 10 rings (SSSR count). The Morgan fingerprint density at radius 1 is 0.511 bits per heavy atom. The molecule has 7 aromatic carbocycles. The first-order chi connectivity index (χ1) is 23.2. The van der Waals surface area contributed by atoms with E-state index in [2.05, 4.69) is 127 Å². The van der Waals surface area contributed by atoms with E-state index < -0.39 is 5.41 Å². The third-order valence-corrected chi connectivity index (χ3v) is 10.7. The second-order valence-electron chi connectivity index (χ2n) is 12.5. The molecule has 1 aromatic heterocycles. The van der Waals surface area contributed by atoms with Crippen LogP contribution in [0.3, 0.4) is 0 Å². The van der Waals surface area contributed by atoms with E-state index >= 15 is 0 Å². The smallest absolute Gasteiger partial charge is 0.264 e. The van der Waals surface area contributed by atoms with Crippen LogP contribution < -0.4 is 0 Å². The van der Waals surface area contributed by atoms with Gasteiger partial charge in [-0.05, 0) is 74.3 Å². The molecular formula is C44H27NOS. The van der Waals surface area contributed by atoms with Crippen LogP contribution in [0.1, 0.15) is 32.6 Å². The molecule has 2 aliphatic carbocycles. The number of hydrogen-bond donors (Lipinski definition) is 1. The Labute approximate surface area is 278 Å². The molecule has 0 fully saturated rings. The van der Waals surface area contributed by atoms with E-state index in [1.807, 2.05) is 34.9 Å². The number of thiol groups is 1. The van der Waals surface area contributed by atoms with E-state index in [1.54, 1.807) is 0 Å². The minimum Gasteiger partial charge on any atom is -0.275 e. The highest BCUT2D eigenvalue weighted by Gasteiger charge is 2.52. The van der Waals surface area contributed by atoms with E-state index in [0.717, 1.165) is 38.5 Å². The highest BCUT2D eigenvalue weighted by atomic mass is 32.1. The van der Waals surface area contributed by atoms with E-state index in [-0.39, 0.29) is 5.91 Å². The molecule has 1 spiro atoms. The number of aromatic nitrogens is 1. The van der Waals surface area contributed by atoms with Gasteiger partial charge in [0.1, 0.15) is 0 Å². The number of benzene rings is 7. The minimum atomic E-state index is -0.492. The van der Waals surface area contributed by atoms with Gasteiger partial charge in [0.25, 0.3) is 5.91 Å². The average molecular weight is 618 g/mol. The molecule has 0 amide bonds. The topological polar surface area (TPSA) is 22.0 Å². The van der Waals surface area contributed by atoms with Crippen molar-refractivity contribution in [1.82, 2.24) is 4.57 Å². The Hall–Kier alpha value is -5.64. The molecule has 47 heavy (non-hydrogen) atoms. The lowest BCUT2D eigenvalue weighted by atomic mass is 9.70. The molecule has 0 saturated heterocycles. The summed E-state index contributed by atoms with van der Waals surface area (Å²) in [5, 5.41) is 2.12. The number of carbonyl (C=O) groups excluding carboxylic acids is 1. The number of nitrogens with zero attached hydrogens (tertiary/aromatic N) is 1. The fourth-order valence-corrected chi connectivity index (χ4v) is 8.73. The van der Waals surface area contributed by atoms with Gasteiger partial charge in [-0.3, -0.25) is 9.36 Å². The predicted molar refractivity (Wildman–Crippen MR) is 195 cm³/mol. The van der Waals surface area contributed by atoms with E-state index in [1.165, 1.54) is 38.9 Å². The van der Waals surface area contributed by atoms with Crippen molar-refractivity contribution in [3.63, 3.8) is 0 Å². The van der Waals surface area contributed by atoms with Gasteiger partial charge in [-0.15, -0.1) is 12.6 Å². The van der Waals surface area contributed by atoms with Gasteiger partial charge in [0.15, 0.2) is 0 Å². The zero-order valence-electron chi connectivity index (χ0n) is 25.3. The van der Waals surface area contributed by atoms with Gasteiger partial charge in [0.2, 0.25) is 0 Å². The number of rotatable bonds is 2. The van der Waals surface area contributed by atoms with Crippen LogP contribution >= 0.6 is 12.6 Å². The Morgan fingerprint density at radius 3 is 1.81 bits per heavy atom. The Balaban J connectivity index is 1.38. The lowest BCUT2D eigenvalue weighted by Gasteiger charge is -2.30. The lowest BCUT2D eigenvalue weighted by Crippen LogP contribution is -2.25. The number of fused-ring (bicyclic) bond motifs is 14. The van der Waals surface area contributed by atoms with Gasteiger partial charge >= 0.3 is 0 Å². The fourth-order valence-electron chi connectivity index (χ4n) is 8.48. The zero-order chi connectivity index (χ0) is 31.3. The van der Waals surface area contributed by atoms with Crippen LogP contribution in [-0.4, -0.2) is 10.5 Å². The molecule has 8 aromatic rings. The van der Waals surface area contributed by atoms with Gasteiger partial charge in [0.05, 0.1) is 22.0 Å². The van der Waals surface area contributed by atoms with Crippen LogP contribution in [-0.2, 0) is 5.41 Å². The summed E-state index contributed by atoms with van der Waals surface area (Å²) >= 11 is 4.74. The molecule has 0 radical (unpaired) electrons. The van der Waals surface area contributed by atoms with Crippen molar-refractivity contribution in [1.29, 1.82) is 0 Å². The first-order valence-corrected chi connectivity index (χ1v) is 16.4. The highest BCUT2D eigenvalue weighted by Crippen LogP contribution is 2.64. The molecule has 0 saturated carbocycles. The summed E-state index contributed by atoms with van der Waals surface area (Å²) in [6.45, 7) is 0. The standard InChI is InChI=1S/C44H27NOS/c46-43(33-17-7-11-21-40(33)47)45-39-25-22-28(27-12-2-1-3-13-27)26-34(39)31-23-24-38-41(42(31)45)32-16-6-10-20-37(32)44(38)35-18-8-4-14-29(35)30-15-5-9-19-36(30)44/h1-26,47H. The van der Waals surface area contributed by atoms with Crippen molar-refractivity contribution in [2.75, 3.05) is 0 Å². The Kier molecular flexibility index (Phi) is 5.47.